The van der Waals surface area contributed by atoms with Gasteiger partial charge in [0, 0.05) is 45.5 Å². The van der Waals surface area contributed by atoms with Gasteiger partial charge < -0.3 is 15.0 Å². The maximum Gasteiger partial charge on any atom is 0.193 e. The monoisotopic (exact) mass is 495 g/mol. The van der Waals surface area contributed by atoms with E-state index < -0.39 is 0 Å². The third-order valence-corrected chi connectivity index (χ3v) is 4.85. The van der Waals surface area contributed by atoms with Crippen molar-refractivity contribution in [2.45, 2.75) is 19.4 Å². The van der Waals surface area contributed by atoms with E-state index >= 15 is 0 Å². The highest BCUT2D eigenvalue weighted by atomic mass is 127. The minimum Gasteiger partial charge on any atom is -0.489 e. The second-order valence-electron chi connectivity index (χ2n) is 6.94. The molecular weight excluding hydrogens is 465 g/mol. The van der Waals surface area contributed by atoms with Crippen molar-refractivity contribution in [3.05, 3.63) is 60.4 Å². The van der Waals surface area contributed by atoms with E-state index in [1.165, 1.54) is 12.0 Å². The number of nitrogens with zero attached hydrogens (tertiary/aromatic N) is 4. The van der Waals surface area contributed by atoms with Crippen LogP contribution >= 0.6 is 24.0 Å². The molecule has 7 heteroatoms. The van der Waals surface area contributed by atoms with Crippen molar-refractivity contribution in [1.82, 2.24) is 20.0 Å². The van der Waals surface area contributed by atoms with Crippen LogP contribution < -0.4 is 10.1 Å². The molecule has 1 aliphatic rings. The average Bonchev–Trinajstić information content (AvgIpc) is 3.31. The zero-order chi connectivity index (χ0) is 19.1. The molecule has 0 aliphatic carbocycles. The van der Waals surface area contributed by atoms with Crippen LogP contribution in [-0.2, 0) is 20.0 Å². The summed E-state index contributed by atoms with van der Waals surface area (Å²) in [5.41, 5.74) is 2.42. The van der Waals surface area contributed by atoms with Crippen molar-refractivity contribution < 1.29 is 4.74 Å². The van der Waals surface area contributed by atoms with Gasteiger partial charge in [-0.2, -0.15) is 5.10 Å². The molecule has 2 aromatic rings. The summed E-state index contributed by atoms with van der Waals surface area (Å²) in [4.78, 5) is 6.82. The number of rotatable bonds is 7. The molecular formula is C21H30IN5O. The molecule has 0 spiro atoms. The maximum atomic E-state index is 5.74. The highest BCUT2D eigenvalue weighted by Crippen LogP contribution is 2.21. The first-order chi connectivity index (χ1) is 13.2. The maximum absolute atomic E-state index is 5.74. The molecule has 1 aromatic heterocycles. The predicted octanol–water partition coefficient (Wildman–Crippen LogP) is 3.24. The van der Waals surface area contributed by atoms with Gasteiger partial charge in [0.25, 0.3) is 0 Å². The zero-order valence-corrected chi connectivity index (χ0v) is 19.0. The van der Waals surface area contributed by atoms with Crippen molar-refractivity contribution in [3.8, 4) is 5.75 Å². The number of aryl methyl sites for hydroxylation is 1. The van der Waals surface area contributed by atoms with Crippen LogP contribution in [0.3, 0.4) is 0 Å². The number of aromatic nitrogens is 2. The first-order valence-electron chi connectivity index (χ1n) is 9.44. The number of benzene rings is 1. The average molecular weight is 495 g/mol. The number of nitrogens with one attached hydrogen (secondary N) is 1. The Morgan fingerprint density at radius 1 is 1.43 bits per heavy atom. The summed E-state index contributed by atoms with van der Waals surface area (Å²) < 4.78 is 7.61. The topological polar surface area (TPSA) is 54.7 Å². The number of ether oxygens (including phenoxy) is 1. The van der Waals surface area contributed by atoms with Gasteiger partial charge in [0.05, 0.1) is 6.20 Å². The van der Waals surface area contributed by atoms with Crippen molar-refractivity contribution in [2.24, 2.45) is 18.0 Å². The minimum absolute atomic E-state index is 0. The lowest BCUT2D eigenvalue weighted by Crippen LogP contribution is -2.39. The van der Waals surface area contributed by atoms with E-state index in [0.717, 1.165) is 36.8 Å². The Morgan fingerprint density at radius 2 is 2.25 bits per heavy atom. The van der Waals surface area contributed by atoms with Crippen LogP contribution in [0.2, 0.25) is 0 Å². The van der Waals surface area contributed by atoms with Crippen LogP contribution in [0.15, 0.2) is 54.3 Å². The lowest BCUT2D eigenvalue weighted by Gasteiger charge is -2.22. The van der Waals surface area contributed by atoms with E-state index in [-0.39, 0.29) is 24.0 Å². The van der Waals surface area contributed by atoms with Gasteiger partial charge in [0.1, 0.15) is 12.4 Å². The molecule has 0 saturated carbocycles. The predicted molar refractivity (Wildman–Crippen MR) is 124 cm³/mol. The van der Waals surface area contributed by atoms with Gasteiger partial charge in [-0.25, -0.2) is 0 Å². The largest absolute Gasteiger partial charge is 0.489 e. The highest BCUT2D eigenvalue weighted by molar-refractivity contribution is 14.0. The SMILES string of the molecule is C=CCOc1ccccc1CNC(=NC)N1CCC(Cc2cnn(C)c2)C1.I. The Morgan fingerprint density at radius 3 is 2.96 bits per heavy atom. The normalized spacial score (nSPS) is 16.6. The first-order valence-corrected chi connectivity index (χ1v) is 9.44. The fourth-order valence-corrected chi connectivity index (χ4v) is 3.55. The molecule has 0 radical (unpaired) electrons. The van der Waals surface area contributed by atoms with Gasteiger partial charge in [-0.05, 0) is 30.4 Å². The Bertz CT molecular complexity index is 789. The molecule has 28 heavy (non-hydrogen) atoms. The summed E-state index contributed by atoms with van der Waals surface area (Å²) in [5, 5.41) is 7.76. The van der Waals surface area contributed by atoms with E-state index in [1.807, 2.05) is 43.2 Å². The lowest BCUT2D eigenvalue weighted by molar-refractivity contribution is 0.358. The van der Waals surface area contributed by atoms with Crippen molar-refractivity contribution in [3.63, 3.8) is 0 Å². The number of hydrogen-bond acceptors (Lipinski definition) is 3. The van der Waals surface area contributed by atoms with Crippen molar-refractivity contribution >= 4 is 29.9 Å². The molecule has 1 aliphatic heterocycles. The zero-order valence-electron chi connectivity index (χ0n) is 16.7. The number of halogens is 1. The van der Waals surface area contributed by atoms with Crippen molar-refractivity contribution in [2.75, 3.05) is 26.7 Å². The van der Waals surface area contributed by atoms with Crippen LogP contribution in [0, 0.1) is 5.92 Å². The molecule has 2 heterocycles. The fraction of sp³-hybridized carbons (Fsp3) is 0.429. The standard InChI is InChI=1S/C21H29N5O.HI/c1-4-11-27-20-8-6-5-7-19(20)14-23-21(22-2)26-10-9-17(16-26)12-18-13-24-25(3)15-18;/h4-8,13,15,17H,1,9-12,14,16H2,2-3H3,(H,22,23);1H. The smallest absolute Gasteiger partial charge is 0.193 e. The second kappa shape index (κ2) is 11.1. The van der Waals surface area contributed by atoms with E-state index in [4.69, 9.17) is 4.74 Å². The summed E-state index contributed by atoms with van der Waals surface area (Å²) in [6, 6.07) is 8.08. The van der Waals surface area contributed by atoms with Gasteiger partial charge in [-0.1, -0.05) is 30.9 Å². The molecule has 6 nitrogen and oxygen atoms in total. The Labute approximate surface area is 184 Å². The van der Waals surface area contributed by atoms with Gasteiger partial charge in [-0.3, -0.25) is 9.67 Å². The Kier molecular flexibility index (Phi) is 8.82. The number of likely N-dealkylation sites (tertiary alicyclic amines) is 1. The molecule has 0 bridgehead atoms. The van der Waals surface area contributed by atoms with Crippen LogP contribution in [0.1, 0.15) is 17.5 Å². The molecule has 1 atom stereocenters. The number of para-hydroxylation sites is 1. The molecule has 1 N–H and O–H groups in total. The minimum atomic E-state index is 0. The third kappa shape index (κ3) is 5.98. The quantitative estimate of drug-likeness (QED) is 0.278. The molecule has 1 fully saturated rings. The summed E-state index contributed by atoms with van der Waals surface area (Å²) >= 11 is 0. The molecule has 152 valence electrons. The van der Waals surface area contributed by atoms with Gasteiger partial charge >= 0.3 is 0 Å². The summed E-state index contributed by atoms with van der Waals surface area (Å²) in [6.45, 7) is 6.95. The Hall–Kier alpha value is -2.03. The molecule has 1 aromatic carbocycles. The van der Waals surface area contributed by atoms with E-state index in [0.29, 0.717) is 19.1 Å². The van der Waals surface area contributed by atoms with E-state index in [9.17, 15) is 0 Å². The third-order valence-electron chi connectivity index (χ3n) is 4.85. The summed E-state index contributed by atoms with van der Waals surface area (Å²) in [5.74, 6) is 2.47. The van der Waals surface area contributed by atoms with Gasteiger partial charge in [0.15, 0.2) is 5.96 Å². The van der Waals surface area contributed by atoms with E-state index in [1.54, 1.807) is 6.08 Å². The fourth-order valence-electron chi connectivity index (χ4n) is 3.55. The first kappa shape index (κ1) is 22.3. The second-order valence-corrected chi connectivity index (χ2v) is 6.94. The van der Waals surface area contributed by atoms with Crippen LogP contribution in [0.25, 0.3) is 0 Å². The summed E-state index contributed by atoms with van der Waals surface area (Å²) in [6.07, 6.45) is 8.08. The van der Waals surface area contributed by atoms with Crippen LogP contribution in [-0.4, -0.2) is 47.4 Å². The van der Waals surface area contributed by atoms with Crippen LogP contribution in [0.5, 0.6) is 5.75 Å². The van der Waals surface area contributed by atoms with Gasteiger partial charge in [0.2, 0.25) is 0 Å². The van der Waals surface area contributed by atoms with E-state index in [2.05, 4.69) is 39.1 Å². The summed E-state index contributed by atoms with van der Waals surface area (Å²) in [7, 11) is 3.81. The molecule has 0 amide bonds. The lowest BCUT2D eigenvalue weighted by atomic mass is 10.0. The number of guanidine groups is 1. The van der Waals surface area contributed by atoms with Crippen LogP contribution in [0.4, 0.5) is 0 Å². The molecule has 3 rings (SSSR count). The highest BCUT2D eigenvalue weighted by Gasteiger charge is 2.25. The van der Waals surface area contributed by atoms with Gasteiger partial charge in [-0.15, -0.1) is 24.0 Å². The van der Waals surface area contributed by atoms with Crippen molar-refractivity contribution in [1.29, 1.82) is 0 Å². The molecule has 1 saturated heterocycles. The number of hydrogen-bond donors (Lipinski definition) is 1. The number of aliphatic imine (C=N–C) groups is 1. The molecule has 1 unspecified atom stereocenters. The Balaban J connectivity index is 0.00000280.